The highest BCUT2D eigenvalue weighted by Crippen LogP contribution is 2.33. The van der Waals surface area contributed by atoms with Crippen LogP contribution in [-0.4, -0.2) is 52.8 Å². The van der Waals surface area contributed by atoms with Crippen molar-refractivity contribution < 1.29 is 14.4 Å². The Kier molecular flexibility index (Phi) is 5.36. The van der Waals surface area contributed by atoms with Gasteiger partial charge in [0.25, 0.3) is 0 Å². The van der Waals surface area contributed by atoms with Crippen LogP contribution in [0.2, 0.25) is 0 Å². The van der Waals surface area contributed by atoms with Crippen LogP contribution < -0.4 is 10.6 Å². The summed E-state index contributed by atoms with van der Waals surface area (Å²) in [6.45, 7) is 4.69. The molecule has 2 atom stereocenters. The van der Waals surface area contributed by atoms with Crippen molar-refractivity contribution in [2.75, 3.05) is 13.1 Å². The molecule has 1 aromatic rings. The van der Waals surface area contributed by atoms with Crippen LogP contribution in [0.15, 0.2) is 5.38 Å². The van der Waals surface area contributed by atoms with Crippen LogP contribution in [-0.2, 0) is 20.8 Å². The number of nitrogens with one attached hydrogen (secondary N) is 2. The number of carbonyl (C=O) groups excluding carboxylic acids is 3. The molecular formula is C17H24N4O3S. The maximum Gasteiger partial charge on any atom is 0.242 e. The number of hydrogen-bond donors (Lipinski definition) is 2. The molecule has 8 heteroatoms. The van der Waals surface area contributed by atoms with Gasteiger partial charge in [-0.05, 0) is 33.1 Å². The molecule has 1 aliphatic carbocycles. The van der Waals surface area contributed by atoms with E-state index in [1.165, 1.54) is 11.3 Å². The highest BCUT2D eigenvalue weighted by atomic mass is 32.1. The Morgan fingerprint density at radius 3 is 2.72 bits per heavy atom. The molecule has 0 unspecified atom stereocenters. The summed E-state index contributed by atoms with van der Waals surface area (Å²) < 4.78 is 0. The van der Waals surface area contributed by atoms with E-state index in [-0.39, 0.29) is 36.1 Å². The number of thiazole rings is 1. The van der Waals surface area contributed by atoms with Crippen molar-refractivity contribution in [3.63, 3.8) is 0 Å². The van der Waals surface area contributed by atoms with Crippen LogP contribution in [0, 0.1) is 12.8 Å². The fourth-order valence-corrected chi connectivity index (χ4v) is 3.83. The van der Waals surface area contributed by atoms with Crippen LogP contribution in [0.3, 0.4) is 0 Å². The monoisotopic (exact) mass is 364 g/mol. The van der Waals surface area contributed by atoms with E-state index in [0.29, 0.717) is 19.5 Å². The zero-order valence-corrected chi connectivity index (χ0v) is 15.4. The van der Waals surface area contributed by atoms with E-state index in [0.717, 1.165) is 23.5 Å². The van der Waals surface area contributed by atoms with Crippen LogP contribution in [0.1, 0.15) is 36.9 Å². The van der Waals surface area contributed by atoms with E-state index in [1.54, 1.807) is 4.90 Å². The number of aryl methyl sites for hydroxylation is 1. The van der Waals surface area contributed by atoms with E-state index in [2.05, 4.69) is 15.6 Å². The highest BCUT2D eigenvalue weighted by Gasteiger charge is 2.44. The predicted octanol–water partition coefficient (Wildman–Crippen LogP) is 0.626. The van der Waals surface area contributed by atoms with E-state index < -0.39 is 6.04 Å². The van der Waals surface area contributed by atoms with Gasteiger partial charge in [0, 0.05) is 30.4 Å². The third kappa shape index (κ3) is 4.36. The minimum atomic E-state index is -0.486. The van der Waals surface area contributed by atoms with Gasteiger partial charge in [0.15, 0.2) is 0 Å². The zero-order valence-electron chi connectivity index (χ0n) is 14.6. The molecule has 2 heterocycles. The SMILES string of the molecule is CCNC(=O)[C@@H]1C[C@H](NC(=O)Cc2csc(C)n2)CN1C(=O)C1CC1. The number of amides is 3. The quantitative estimate of drug-likeness (QED) is 0.774. The third-order valence-electron chi connectivity index (χ3n) is 4.54. The molecule has 3 rings (SSSR count). The summed E-state index contributed by atoms with van der Waals surface area (Å²) in [5.74, 6) is -0.151. The summed E-state index contributed by atoms with van der Waals surface area (Å²) in [6, 6.07) is -0.678. The van der Waals surface area contributed by atoms with Gasteiger partial charge in [-0.25, -0.2) is 4.98 Å². The van der Waals surface area contributed by atoms with Crippen molar-refractivity contribution >= 4 is 29.1 Å². The molecule has 0 aromatic carbocycles. The summed E-state index contributed by atoms with van der Waals surface area (Å²) in [4.78, 5) is 43.0. The average Bonchev–Trinajstić information content (AvgIpc) is 3.21. The first-order valence-electron chi connectivity index (χ1n) is 8.76. The second kappa shape index (κ2) is 7.51. The molecule has 2 aliphatic rings. The Bertz CT molecular complexity index is 671. The van der Waals surface area contributed by atoms with E-state index in [1.807, 2.05) is 19.2 Å². The minimum absolute atomic E-state index is 0.0446. The number of likely N-dealkylation sites (tertiary alicyclic amines) is 1. The maximum atomic E-state index is 12.5. The van der Waals surface area contributed by atoms with Crippen LogP contribution in [0.25, 0.3) is 0 Å². The average molecular weight is 364 g/mol. The smallest absolute Gasteiger partial charge is 0.242 e. The first-order valence-corrected chi connectivity index (χ1v) is 9.64. The molecule has 25 heavy (non-hydrogen) atoms. The Hall–Kier alpha value is -1.96. The fraction of sp³-hybridized carbons (Fsp3) is 0.647. The lowest BCUT2D eigenvalue weighted by molar-refractivity contribution is -0.139. The van der Waals surface area contributed by atoms with Crippen LogP contribution in [0.5, 0.6) is 0 Å². The molecular weight excluding hydrogens is 340 g/mol. The molecule has 1 aliphatic heterocycles. The number of carbonyl (C=O) groups is 3. The van der Waals surface area contributed by atoms with Gasteiger partial charge in [0.05, 0.1) is 17.1 Å². The van der Waals surface area contributed by atoms with Crippen LogP contribution >= 0.6 is 11.3 Å². The Balaban J connectivity index is 1.60. The molecule has 3 amide bonds. The third-order valence-corrected chi connectivity index (χ3v) is 5.36. The lowest BCUT2D eigenvalue weighted by Crippen LogP contribution is -2.46. The summed E-state index contributed by atoms with van der Waals surface area (Å²) in [5.41, 5.74) is 0.754. The van der Waals surface area contributed by atoms with E-state index >= 15 is 0 Å². The van der Waals surface area contributed by atoms with Gasteiger partial charge in [-0.3, -0.25) is 14.4 Å². The lowest BCUT2D eigenvalue weighted by Gasteiger charge is -2.23. The number of likely N-dealkylation sites (N-methyl/N-ethyl adjacent to an activating group) is 1. The highest BCUT2D eigenvalue weighted by molar-refractivity contribution is 7.09. The van der Waals surface area contributed by atoms with Gasteiger partial charge in [0.1, 0.15) is 6.04 Å². The normalized spacial score (nSPS) is 22.7. The molecule has 0 bridgehead atoms. The van der Waals surface area contributed by atoms with Crippen molar-refractivity contribution in [1.82, 2.24) is 20.5 Å². The lowest BCUT2D eigenvalue weighted by atomic mass is 10.1. The molecule has 1 aromatic heterocycles. The summed E-state index contributed by atoms with van der Waals surface area (Å²) in [5, 5.41) is 8.56. The van der Waals surface area contributed by atoms with Gasteiger partial charge in [-0.15, -0.1) is 11.3 Å². The van der Waals surface area contributed by atoms with Gasteiger partial charge >= 0.3 is 0 Å². The van der Waals surface area contributed by atoms with Crippen molar-refractivity contribution in [1.29, 1.82) is 0 Å². The number of rotatable bonds is 6. The molecule has 136 valence electrons. The van der Waals surface area contributed by atoms with Crippen molar-refractivity contribution in [3.05, 3.63) is 16.1 Å². The van der Waals surface area contributed by atoms with Crippen molar-refractivity contribution in [2.24, 2.45) is 5.92 Å². The van der Waals surface area contributed by atoms with Crippen molar-refractivity contribution in [3.8, 4) is 0 Å². The maximum absolute atomic E-state index is 12.5. The van der Waals surface area contributed by atoms with Gasteiger partial charge < -0.3 is 15.5 Å². The first-order chi connectivity index (χ1) is 12.0. The van der Waals surface area contributed by atoms with Gasteiger partial charge in [-0.1, -0.05) is 0 Å². The number of aromatic nitrogens is 1. The van der Waals surface area contributed by atoms with E-state index in [4.69, 9.17) is 0 Å². The largest absolute Gasteiger partial charge is 0.355 e. The molecule has 7 nitrogen and oxygen atoms in total. The molecule has 2 fully saturated rings. The summed E-state index contributed by atoms with van der Waals surface area (Å²) >= 11 is 1.52. The van der Waals surface area contributed by atoms with Crippen LogP contribution in [0.4, 0.5) is 0 Å². The zero-order chi connectivity index (χ0) is 18.0. The van der Waals surface area contributed by atoms with E-state index in [9.17, 15) is 14.4 Å². The standard InChI is InChI=1S/C17H24N4O3S/c1-3-18-16(23)14-6-12(8-21(14)17(24)11-4-5-11)20-15(22)7-13-9-25-10(2)19-13/h9,11-12,14H,3-8H2,1-2H3,(H,18,23)(H,20,22)/t12-,14-/m0/s1. The Morgan fingerprint density at radius 2 is 2.12 bits per heavy atom. The second-order valence-corrected chi connectivity index (χ2v) is 7.77. The molecule has 2 N–H and O–H groups in total. The van der Waals surface area contributed by atoms with Crippen molar-refractivity contribution in [2.45, 2.75) is 51.6 Å². The van der Waals surface area contributed by atoms with Gasteiger partial charge in [-0.2, -0.15) is 0 Å². The first kappa shape index (κ1) is 17.8. The topological polar surface area (TPSA) is 91.4 Å². The number of nitrogens with zero attached hydrogens (tertiary/aromatic N) is 2. The fourth-order valence-electron chi connectivity index (χ4n) is 3.22. The molecule has 0 spiro atoms. The number of hydrogen-bond acceptors (Lipinski definition) is 5. The predicted molar refractivity (Wildman–Crippen MR) is 94.0 cm³/mol. The Morgan fingerprint density at radius 1 is 1.36 bits per heavy atom. The molecule has 0 radical (unpaired) electrons. The summed E-state index contributed by atoms with van der Waals surface area (Å²) in [7, 11) is 0. The van der Waals surface area contributed by atoms with Gasteiger partial charge in [0.2, 0.25) is 17.7 Å². The minimum Gasteiger partial charge on any atom is -0.355 e. The Labute approximate surface area is 151 Å². The summed E-state index contributed by atoms with van der Waals surface area (Å²) in [6.07, 6.45) is 2.49. The molecule has 1 saturated carbocycles. The molecule has 1 saturated heterocycles. The second-order valence-electron chi connectivity index (χ2n) is 6.71.